The van der Waals surface area contributed by atoms with Gasteiger partial charge in [-0.15, -0.1) is 0 Å². The third kappa shape index (κ3) is 2.01. The number of hydrogen-bond acceptors (Lipinski definition) is 2. The topological polar surface area (TPSA) is 23.5 Å². The molecule has 1 N–H and O–H groups in total. The van der Waals surface area contributed by atoms with Crippen molar-refractivity contribution in [2.45, 2.75) is 52.1 Å². The molecule has 0 saturated carbocycles. The predicted octanol–water partition coefficient (Wildman–Crippen LogP) is 3.90. The molecule has 3 heteroatoms. The van der Waals surface area contributed by atoms with Crippen molar-refractivity contribution in [1.29, 1.82) is 0 Å². The number of rotatable bonds is 1. The second-order valence-electron chi connectivity index (χ2n) is 8.74. The first-order valence-corrected chi connectivity index (χ1v) is 9.18. The van der Waals surface area contributed by atoms with E-state index in [4.69, 9.17) is 0 Å². The van der Waals surface area contributed by atoms with Crippen LogP contribution in [0.2, 0.25) is 0 Å². The van der Waals surface area contributed by atoms with Gasteiger partial charge in [0.05, 0.1) is 5.60 Å². The Morgan fingerprint density at radius 2 is 1.92 bits per heavy atom. The van der Waals surface area contributed by atoms with Crippen LogP contribution in [-0.4, -0.2) is 30.1 Å². The summed E-state index contributed by atoms with van der Waals surface area (Å²) < 4.78 is 14.8. The van der Waals surface area contributed by atoms with E-state index in [1.165, 1.54) is 5.57 Å². The van der Waals surface area contributed by atoms with Crippen LogP contribution < -0.4 is 0 Å². The zero-order valence-electron chi connectivity index (χ0n) is 15.2. The Hall–Kier alpha value is -1.19. The van der Waals surface area contributed by atoms with Gasteiger partial charge in [-0.25, -0.2) is 4.39 Å². The van der Waals surface area contributed by atoms with E-state index in [1.54, 1.807) is 6.07 Å². The first kappa shape index (κ1) is 16.3. The van der Waals surface area contributed by atoms with Crippen molar-refractivity contribution in [1.82, 2.24) is 4.90 Å². The quantitative estimate of drug-likeness (QED) is 0.845. The average molecular weight is 329 g/mol. The molecule has 1 aromatic rings. The van der Waals surface area contributed by atoms with Gasteiger partial charge < -0.3 is 10.0 Å². The number of likely N-dealkylation sites (tertiary alicyclic amines) is 1. The van der Waals surface area contributed by atoms with E-state index >= 15 is 0 Å². The fourth-order valence-corrected chi connectivity index (χ4v) is 5.41. The molecular weight excluding hydrogens is 301 g/mol. The van der Waals surface area contributed by atoms with E-state index in [0.717, 1.165) is 54.6 Å². The molecule has 0 radical (unpaired) electrons. The smallest absolute Gasteiger partial charge is 0.127 e. The molecule has 2 nitrogen and oxygen atoms in total. The number of aliphatic hydroxyl groups is 1. The Morgan fingerprint density at radius 1 is 1.25 bits per heavy atom. The van der Waals surface area contributed by atoms with Gasteiger partial charge in [0, 0.05) is 5.41 Å². The molecule has 1 atom stereocenters. The van der Waals surface area contributed by atoms with Gasteiger partial charge >= 0.3 is 0 Å². The van der Waals surface area contributed by atoms with E-state index < -0.39 is 5.60 Å². The maximum absolute atomic E-state index is 14.8. The third-order valence-corrected chi connectivity index (χ3v) is 6.83. The monoisotopic (exact) mass is 329 g/mol. The summed E-state index contributed by atoms with van der Waals surface area (Å²) in [5.41, 5.74) is 3.79. The number of piperidine rings is 1. The Balaban J connectivity index is 1.92. The summed E-state index contributed by atoms with van der Waals surface area (Å²) in [5.74, 6) is 0.0769. The van der Waals surface area contributed by atoms with Gasteiger partial charge in [-0.05, 0) is 92.6 Å². The van der Waals surface area contributed by atoms with E-state index in [2.05, 4.69) is 38.8 Å². The first-order valence-electron chi connectivity index (χ1n) is 9.18. The summed E-state index contributed by atoms with van der Waals surface area (Å²) in [5, 5.41) is 12.1. The molecule has 24 heavy (non-hydrogen) atoms. The van der Waals surface area contributed by atoms with Gasteiger partial charge in [-0.1, -0.05) is 19.9 Å². The van der Waals surface area contributed by atoms with Crippen molar-refractivity contribution in [3.63, 3.8) is 0 Å². The molecule has 1 heterocycles. The fourth-order valence-electron chi connectivity index (χ4n) is 5.41. The molecule has 1 aliphatic heterocycles. The van der Waals surface area contributed by atoms with Gasteiger partial charge in [-0.3, -0.25) is 0 Å². The van der Waals surface area contributed by atoms with Crippen molar-refractivity contribution < 1.29 is 9.50 Å². The summed E-state index contributed by atoms with van der Waals surface area (Å²) >= 11 is 0. The van der Waals surface area contributed by atoms with Crippen LogP contribution in [0.1, 0.15) is 55.9 Å². The van der Waals surface area contributed by atoms with Crippen molar-refractivity contribution in [2.75, 3.05) is 20.1 Å². The van der Waals surface area contributed by atoms with Crippen molar-refractivity contribution in [3.05, 3.63) is 40.2 Å². The molecule has 0 amide bonds. The highest BCUT2D eigenvalue weighted by Crippen LogP contribution is 2.59. The molecule has 1 unspecified atom stereocenters. The Bertz CT molecular complexity index is 728. The molecule has 1 saturated heterocycles. The number of hydrogen-bond donors (Lipinski definition) is 1. The Labute approximate surface area is 144 Å². The highest BCUT2D eigenvalue weighted by molar-refractivity contribution is 5.77. The van der Waals surface area contributed by atoms with E-state index in [1.807, 2.05) is 0 Å². The largest absolute Gasteiger partial charge is 0.384 e. The molecule has 0 spiro atoms. The molecule has 1 aromatic carbocycles. The van der Waals surface area contributed by atoms with Crippen LogP contribution in [0.3, 0.4) is 0 Å². The number of benzene rings is 1. The SMILES string of the molecule is CC1=CCc2cc(F)c3c(c21)C(O)(C1CCN(C)CC1)C(C)(C)C3. The lowest BCUT2D eigenvalue weighted by atomic mass is 9.64. The van der Waals surface area contributed by atoms with Crippen LogP contribution in [0.25, 0.3) is 5.57 Å². The minimum atomic E-state index is -0.935. The molecule has 0 bridgehead atoms. The van der Waals surface area contributed by atoms with Crippen molar-refractivity contribution in [3.8, 4) is 0 Å². The maximum Gasteiger partial charge on any atom is 0.127 e. The standard InChI is InChI=1S/C21H28FNO/c1-13-5-6-14-11-17(22)16-12-20(2,3)21(24,19(16)18(13)14)15-7-9-23(4)10-8-15/h5,11,15,24H,6-10,12H2,1-4H3. The van der Waals surface area contributed by atoms with E-state index in [0.29, 0.717) is 6.42 Å². The highest BCUT2D eigenvalue weighted by atomic mass is 19.1. The molecule has 1 fully saturated rings. The minimum absolute atomic E-state index is 0.122. The van der Waals surface area contributed by atoms with Crippen molar-refractivity contribution in [2.24, 2.45) is 11.3 Å². The lowest BCUT2D eigenvalue weighted by molar-refractivity contribution is -0.121. The maximum atomic E-state index is 14.8. The number of fused-ring (bicyclic) bond motifs is 3. The van der Waals surface area contributed by atoms with Crippen LogP contribution in [0, 0.1) is 17.2 Å². The van der Waals surface area contributed by atoms with Gasteiger partial charge in [0.15, 0.2) is 0 Å². The second kappa shape index (κ2) is 5.15. The number of halogens is 1. The molecular formula is C21H28FNO. The summed E-state index contributed by atoms with van der Waals surface area (Å²) in [6, 6.07) is 1.71. The zero-order valence-corrected chi connectivity index (χ0v) is 15.2. The number of nitrogens with zero attached hydrogens (tertiary/aromatic N) is 1. The van der Waals surface area contributed by atoms with Crippen LogP contribution in [-0.2, 0) is 18.4 Å². The predicted molar refractivity (Wildman–Crippen MR) is 95.4 cm³/mol. The Kier molecular flexibility index (Phi) is 3.50. The lowest BCUT2D eigenvalue weighted by Gasteiger charge is -2.47. The molecule has 130 valence electrons. The zero-order chi connectivity index (χ0) is 17.3. The Morgan fingerprint density at radius 3 is 2.58 bits per heavy atom. The summed E-state index contributed by atoms with van der Waals surface area (Å²) in [7, 11) is 2.14. The minimum Gasteiger partial charge on any atom is -0.384 e. The summed E-state index contributed by atoms with van der Waals surface area (Å²) in [6.07, 6.45) is 5.53. The van der Waals surface area contributed by atoms with Gasteiger partial charge in [-0.2, -0.15) is 0 Å². The fraction of sp³-hybridized carbons (Fsp3) is 0.619. The molecule has 2 aliphatic carbocycles. The highest BCUT2D eigenvalue weighted by Gasteiger charge is 2.58. The first-order chi connectivity index (χ1) is 11.3. The van der Waals surface area contributed by atoms with Gasteiger partial charge in [0.25, 0.3) is 0 Å². The second-order valence-corrected chi connectivity index (χ2v) is 8.74. The van der Waals surface area contributed by atoms with E-state index in [9.17, 15) is 9.50 Å². The van der Waals surface area contributed by atoms with Crippen LogP contribution in [0.5, 0.6) is 0 Å². The van der Waals surface area contributed by atoms with Crippen LogP contribution >= 0.6 is 0 Å². The summed E-state index contributed by atoms with van der Waals surface area (Å²) in [6.45, 7) is 8.34. The third-order valence-electron chi connectivity index (χ3n) is 6.83. The average Bonchev–Trinajstić information content (AvgIpc) is 2.97. The van der Waals surface area contributed by atoms with Gasteiger partial charge in [0.1, 0.15) is 5.82 Å². The number of allylic oxidation sites excluding steroid dienone is 2. The van der Waals surface area contributed by atoms with E-state index in [-0.39, 0.29) is 17.2 Å². The van der Waals surface area contributed by atoms with Crippen molar-refractivity contribution >= 4 is 5.57 Å². The summed E-state index contributed by atoms with van der Waals surface area (Å²) in [4.78, 5) is 2.32. The van der Waals surface area contributed by atoms with Crippen LogP contribution in [0.15, 0.2) is 12.1 Å². The van der Waals surface area contributed by atoms with Crippen LogP contribution in [0.4, 0.5) is 4.39 Å². The molecule has 4 rings (SSSR count). The molecule has 0 aromatic heterocycles. The lowest BCUT2D eigenvalue weighted by Crippen LogP contribution is -2.49. The normalized spacial score (nSPS) is 29.5. The molecule has 3 aliphatic rings. The van der Waals surface area contributed by atoms with Gasteiger partial charge in [0.2, 0.25) is 0 Å².